The molecule has 98 valence electrons. The third kappa shape index (κ3) is 3.05. The van der Waals surface area contributed by atoms with Gasteiger partial charge in [0.05, 0.1) is 5.69 Å². The van der Waals surface area contributed by atoms with E-state index >= 15 is 0 Å². The molecule has 0 unspecified atom stereocenters. The second kappa shape index (κ2) is 5.18. The first-order chi connectivity index (χ1) is 8.93. The van der Waals surface area contributed by atoms with Gasteiger partial charge in [-0.25, -0.2) is 0 Å². The third-order valence-electron chi connectivity index (χ3n) is 3.15. The number of Topliss-reactive ketones (excluding diaryl/α,β-unsaturated/α-hetero) is 1. The lowest BCUT2D eigenvalue weighted by Crippen LogP contribution is -2.28. The molecule has 0 atom stereocenters. The maximum absolute atomic E-state index is 12.0. The second-order valence-electron chi connectivity index (χ2n) is 5.51. The van der Waals surface area contributed by atoms with Crippen LogP contribution in [-0.2, 0) is 4.79 Å². The van der Waals surface area contributed by atoms with Crippen molar-refractivity contribution in [3.05, 3.63) is 40.0 Å². The molecule has 1 aromatic rings. The zero-order chi connectivity index (χ0) is 14.0. The summed E-state index contributed by atoms with van der Waals surface area (Å²) in [5, 5.41) is 12.4. The maximum Gasteiger partial charge on any atom is 0.175 e. The summed E-state index contributed by atoms with van der Waals surface area (Å²) >= 11 is 3.46. The summed E-state index contributed by atoms with van der Waals surface area (Å²) in [6.45, 7) is 4.08. The molecular formula is C15H15BrN2O. The van der Waals surface area contributed by atoms with Crippen LogP contribution >= 0.6 is 15.9 Å². The van der Waals surface area contributed by atoms with Gasteiger partial charge in [0.1, 0.15) is 11.6 Å². The Hall–Kier alpha value is -1.60. The summed E-state index contributed by atoms with van der Waals surface area (Å²) in [5.74, 6) is -0.0756. The summed E-state index contributed by atoms with van der Waals surface area (Å²) in [5.41, 5.74) is 1.74. The molecule has 0 saturated heterocycles. The molecular weight excluding hydrogens is 304 g/mol. The number of ketones is 1. The number of para-hydroxylation sites is 1. The Labute approximate surface area is 121 Å². The van der Waals surface area contributed by atoms with E-state index in [0.717, 1.165) is 15.9 Å². The average molecular weight is 319 g/mol. The van der Waals surface area contributed by atoms with E-state index in [1.807, 2.05) is 44.2 Å². The van der Waals surface area contributed by atoms with Crippen LogP contribution in [0.15, 0.2) is 40.0 Å². The van der Waals surface area contributed by atoms with E-state index in [-0.39, 0.29) is 16.8 Å². The molecule has 0 fully saturated rings. The fourth-order valence-electron chi connectivity index (χ4n) is 2.28. The maximum atomic E-state index is 12.0. The molecule has 2 rings (SSSR count). The number of nitrogens with one attached hydrogen (secondary N) is 1. The molecule has 0 radical (unpaired) electrons. The molecule has 0 spiro atoms. The molecule has 0 heterocycles. The standard InChI is InChI=1S/C15H15BrN2O/c1-15(2)7-13(10(9-17)14(19)8-15)18-12-6-4-3-5-11(12)16/h3-6,18H,7-8H2,1-2H3. The number of hydrogen-bond donors (Lipinski definition) is 1. The Morgan fingerprint density at radius 3 is 2.63 bits per heavy atom. The van der Waals surface area contributed by atoms with Crippen LogP contribution in [-0.4, -0.2) is 5.78 Å². The normalized spacial score (nSPS) is 18.1. The van der Waals surface area contributed by atoms with Gasteiger partial charge in [0.2, 0.25) is 0 Å². The lowest BCUT2D eigenvalue weighted by Gasteiger charge is -2.30. The zero-order valence-corrected chi connectivity index (χ0v) is 12.5. The van der Waals surface area contributed by atoms with Gasteiger partial charge in [-0.05, 0) is 39.9 Å². The molecule has 3 nitrogen and oxygen atoms in total. The van der Waals surface area contributed by atoms with Crippen molar-refractivity contribution in [2.45, 2.75) is 26.7 Å². The largest absolute Gasteiger partial charge is 0.357 e. The summed E-state index contributed by atoms with van der Waals surface area (Å²) < 4.78 is 0.913. The number of allylic oxidation sites excluding steroid dienone is 2. The molecule has 0 saturated carbocycles. The number of anilines is 1. The van der Waals surface area contributed by atoms with E-state index in [1.54, 1.807) is 0 Å². The fourth-order valence-corrected chi connectivity index (χ4v) is 2.67. The predicted molar refractivity (Wildman–Crippen MR) is 78.4 cm³/mol. The van der Waals surface area contributed by atoms with Gasteiger partial charge in [0.15, 0.2) is 5.78 Å². The van der Waals surface area contributed by atoms with Crippen LogP contribution in [0.5, 0.6) is 0 Å². The second-order valence-corrected chi connectivity index (χ2v) is 6.37. The minimum Gasteiger partial charge on any atom is -0.357 e. The lowest BCUT2D eigenvalue weighted by molar-refractivity contribution is -0.117. The number of hydrogen-bond acceptors (Lipinski definition) is 3. The number of nitrogens with zero attached hydrogens (tertiary/aromatic N) is 1. The fraction of sp³-hybridized carbons (Fsp3) is 0.333. The molecule has 1 aliphatic rings. The van der Waals surface area contributed by atoms with E-state index in [1.165, 1.54) is 0 Å². The van der Waals surface area contributed by atoms with Gasteiger partial charge < -0.3 is 5.32 Å². The first-order valence-corrected chi connectivity index (χ1v) is 6.90. The van der Waals surface area contributed by atoms with Gasteiger partial charge in [-0.3, -0.25) is 4.79 Å². The SMILES string of the molecule is CC1(C)CC(=O)C(C#N)=C(Nc2ccccc2Br)C1. The Morgan fingerprint density at radius 1 is 1.32 bits per heavy atom. The first kappa shape index (κ1) is 13.8. The van der Waals surface area contributed by atoms with E-state index in [9.17, 15) is 4.79 Å². The van der Waals surface area contributed by atoms with Crippen LogP contribution in [0.1, 0.15) is 26.7 Å². The van der Waals surface area contributed by atoms with Crippen molar-refractivity contribution in [1.82, 2.24) is 0 Å². The third-order valence-corrected chi connectivity index (χ3v) is 3.84. The van der Waals surface area contributed by atoms with Gasteiger partial charge >= 0.3 is 0 Å². The summed E-state index contributed by atoms with van der Waals surface area (Å²) in [6.07, 6.45) is 1.13. The molecule has 4 heteroatoms. The number of rotatable bonds is 2. The molecule has 1 N–H and O–H groups in total. The Kier molecular flexibility index (Phi) is 3.77. The highest BCUT2D eigenvalue weighted by Crippen LogP contribution is 2.37. The number of benzene rings is 1. The van der Waals surface area contributed by atoms with E-state index in [2.05, 4.69) is 21.2 Å². The average Bonchev–Trinajstić information content (AvgIpc) is 2.30. The first-order valence-electron chi connectivity index (χ1n) is 6.11. The minimum atomic E-state index is -0.110. The predicted octanol–water partition coefficient (Wildman–Crippen LogP) is 4.03. The lowest BCUT2D eigenvalue weighted by atomic mass is 9.76. The molecule has 19 heavy (non-hydrogen) atoms. The van der Waals surface area contributed by atoms with Crippen molar-refractivity contribution in [3.8, 4) is 6.07 Å². The Balaban J connectivity index is 2.39. The van der Waals surface area contributed by atoms with Crippen molar-refractivity contribution < 1.29 is 4.79 Å². The van der Waals surface area contributed by atoms with Crippen LogP contribution in [0.2, 0.25) is 0 Å². The van der Waals surface area contributed by atoms with Gasteiger partial charge in [-0.1, -0.05) is 26.0 Å². The Morgan fingerprint density at radius 2 is 2.00 bits per heavy atom. The van der Waals surface area contributed by atoms with Gasteiger partial charge in [-0.2, -0.15) is 5.26 Å². The molecule has 0 aromatic heterocycles. The van der Waals surface area contributed by atoms with E-state index in [4.69, 9.17) is 5.26 Å². The van der Waals surface area contributed by atoms with Gasteiger partial charge in [0, 0.05) is 16.6 Å². The highest BCUT2D eigenvalue weighted by Gasteiger charge is 2.33. The summed E-state index contributed by atoms with van der Waals surface area (Å²) in [4.78, 5) is 12.0. The zero-order valence-electron chi connectivity index (χ0n) is 11.0. The van der Waals surface area contributed by atoms with Crippen LogP contribution in [0.4, 0.5) is 5.69 Å². The van der Waals surface area contributed by atoms with Crippen molar-refractivity contribution in [2.75, 3.05) is 5.32 Å². The van der Waals surface area contributed by atoms with Crippen molar-refractivity contribution in [1.29, 1.82) is 5.26 Å². The van der Waals surface area contributed by atoms with Crippen LogP contribution in [0, 0.1) is 16.7 Å². The summed E-state index contributed by atoms with van der Waals surface area (Å²) in [6, 6.07) is 9.70. The molecule has 1 aliphatic carbocycles. The molecule has 0 amide bonds. The van der Waals surface area contributed by atoms with Crippen LogP contribution < -0.4 is 5.32 Å². The van der Waals surface area contributed by atoms with Crippen molar-refractivity contribution >= 4 is 27.4 Å². The van der Waals surface area contributed by atoms with E-state index in [0.29, 0.717) is 12.8 Å². The number of carbonyl (C=O) groups is 1. The molecule has 0 bridgehead atoms. The molecule has 1 aromatic carbocycles. The molecule has 0 aliphatic heterocycles. The van der Waals surface area contributed by atoms with Crippen molar-refractivity contribution in [3.63, 3.8) is 0 Å². The van der Waals surface area contributed by atoms with Crippen LogP contribution in [0.25, 0.3) is 0 Å². The van der Waals surface area contributed by atoms with Gasteiger partial charge in [-0.15, -0.1) is 0 Å². The van der Waals surface area contributed by atoms with Gasteiger partial charge in [0.25, 0.3) is 0 Å². The van der Waals surface area contributed by atoms with E-state index < -0.39 is 0 Å². The highest BCUT2D eigenvalue weighted by atomic mass is 79.9. The minimum absolute atomic E-state index is 0.0756. The summed E-state index contributed by atoms with van der Waals surface area (Å²) in [7, 11) is 0. The number of halogens is 1. The van der Waals surface area contributed by atoms with Crippen molar-refractivity contribution in [2.24, 2.45) is 5.41 Å². The smallest absolute Gasteiger partial charge is 0.175 e. The quantitative estimate of drug-likeness (QED) is 0.895. The monoisotopic (exact) mass is 318 g/mol. The Bertz CT molecular complexity index is 596. The highest BCUT2D eigenvalue weighted by molar-refractivity contribution is 9.10. The topological polar surface area (TPSA) is 52.9 Å². The number of carbonyl (C=O) groups excluding carboxylic acids is 1. The van der Waals surface area contributed by atoms with Crippen LogP contribution in [0.3, 0.4) is 0 Å². The number of nitriles is 1.